The summed E-state index contributed by atoms with van der Waals surface area (Å²) in [6.07, 6.45) is -0.717. The van der Waals surface area contributed by atoms with E-state index in [1.807, 2.05) is 0 Å². The van der Waals surface area contributed by atoms with Gasteiger partial charge in [0.1, 0.15) is 18.9 Å². The zero-order chi connectivity index (χ0) is 14.5. The first-order valence-electron chi connectivity index (χ1n) is 6.14. The molecular weight excluding hydrogens is 265 g/mol. The Bertz CT molecular complexity index is 568. The van der Waals surface area contributed by atoms with Crippen LogP contribution in [0, 0.1) is 5.82 Å². The number of hydrogen-bond donors (Lipinski definition) is 1. The number of hydrogen-bond acceptors (Lipinski definition) is 5. The van der Waals surface area contributed by atoms with Gasteiger partial charge < -0.3 is 19.1 Å². The molecule has 1 N–H and O–H groups in total. The average Bonchev–Trinajstić information content (AvgIpc) is 2.85. The summed E-state index contributed by atoms with van der Waals surface area (Å²) in [5.41, 5.74) is 1.05. The quantitative estimate of drug-likeness (QED) is 0.881. The van der Waals surface area contributed by atoms with Crippen LogP contribution < -0.4 is 4.74 Å². The van der Waals surface area contributed by atoms with Gasteiger partial charge in [0.25, 0.3) is 0 Å². The predicted molar refractivity (Wildman–Crippen MR) is 68.6 cm³/mol. The maximum atomic E-state index is 13.7. The highest BCUT2D eigenvalue weighted by atomic mass is 19.1. The number of aliphatic hydroxyl groups excluding tert-OH is 1. The molecule has 1 atom stereocenters. The first-order valence-corrected chi connectivity index (χ1v) is 6.14. The third-order valence-electron chi connectivity index (χ3n) is 2.71. The lowest BCUT2D eigenvalue weighted by molar-refractivity contribution is 0.155. The van der Waals surface area contributed by atoms with Crippen molar-refractivity contribution in [2.24, 2.45) is 0 Å². The predicted octanol–water partition coefficient (Wildman–Crippen LogP) is 2.59. The summed E-state index contributed by atoms with van der Waals surface area (Å²) >= 11 is 0. The van der Waals surface area contributed by atoms with Crippen LogP contribution in [0.25, 0.3) is 0 Å². The zero-order valence-corrected chi connectivity index (χ0v) is 11.3. The lowest BCUT2D eigenvalue weighted by Gasteiger charge is -2.08. The maximum absolute atomic E-state index is 13.7. The van der Waals surface area contributed by atoms with Crippen LogP contribution >= 0.6 is 0 Å². The van der Waals surface area contributed by atoms with E-state index in [4.69, 9.17) is 14.0 Å². The van der Waals surface area contributed by atoms with Gasteiger partial charge in [0.2, 0.25) is 0 Å². The van der Waals surface area contributed by atoms with Crippen molar-refractivity contribution < 1.29 is 23.5 Å². The van der Waals surface area contributed by atoms with E-state index in [1.54, 1.807) is 26.2 Å². The standard InChI is InChI=1S/C14H16FNO4/c1-9(17)10-3-4-14(13(15)5-10)19-7-11-6-12(8-18-2)20-16-11/h3-6,9,17H,7-8H2,1-2H3/t9-/m0/s1. The molecule has 0 aliphatic rings. The summed E-state index contributed by atoms with van der Waals surface area (Å²) in [7, 11) is 1.55. The number of benzene rings is 1. The molecule has 1 aromatic carbocycles. The van der Waals surface area contributed by atoms with Crippen LogP contribution in [0.1, 0.15) is 30.0 Å². The van der Waals surface area contributed by atoms with Crippen LogP contribution in [0.3, 0.4) is 0 Å². The van der Waals surface area contributed by atoms with E-state index in [9.17, 15) is 9.50 Å². The van der Waals surface area contributed by atoms with Crippen molar-refractivity contribution in [2.45, 2.75) is 26.2 Å². The Morgan fingerprint density at radius 1 is 1.35 bits per heavy atom. The van der Waals surface area contributed by atoms with Gasteiger partial charge >= 0.3 is 0 Å². The van der Waals surface area contributed by atoms with Crippen molar-refractivity contribution in [1.29, 1.82) is 0 Å². The van der Waals surface area contributed by atoms with Crippen LogP contribution in [0.15, 0.2) is 28.8 Å². The average molecular weight is 281 g/mol. The van der Waals surface area contributed by atoms with Crippen LogP contribution in [-0.4, -0.2) is 17.4 Å². The van der Waals surface area contributed by atoms with Crippen LogP contribution in [0.2, 0.25) is 0 Å². The molecule has 5 nitrogen and oxygen atoms in total. The van der Waals surface area contributed by atoms with Crippen molar-refractivity contribution >= 4 is 0 Å². The summed E-state index contributed by atoms with van der Waals surface area (Å²) in [6, 6.07) is 6.03. The molecule has 0 radical (unpaired) electrons. The Labute approximate surface area is 115 Å². The molecule has 1 heterocycles. The summed E-state index contributed by atoms with van der Waals surface area (Å²) in [6.45, 7) is 1.99. The number of aromatic nitrogens is 1. The van der Waals surface area contributed by atoms with E-state index in [-0.39, 0.29) is 12.4 Å². The van der Waals surface area contributed by atoms with Crippen LogP contribution in [-0.2, 0) is 18.0 Å². The van der Waals surface area contributed by atoms with Crippen LogP contribution in [0.5, 0.6) is 5.75 Å². The van der Waals surface area contributed by atoms with Gasteiger partial charge in [0, 0.05) is 13.2 Å². The van der Waals surface area contributed by atoms with Crippen molar-refractivity contribution in [3.8, 4) is 5.75 Å². The third-order valence-corrected chi connectivity index (χ3v) is 2.71. The minimum atomic E-state index is -0.717. The van der Waals surface area contributed by atoms with Crippen molar-refractivity contribution in [2.75, 3.05) is 7.11 Å². The fourth-order valence-corrected chi connectivity index (χ4v) is 1.68. The topological polar surface area (TPSA) is 64.7 Å². The monoisotopic (exact) mass is 281 g/mol. The Morgan fingerprint density at radius 2 is 2.15 bits per heavy atom. The van der Waals surface area contributed by atoms with Gasteiger partial charge in [-0.3, -0.25) is 0 Å². The summed E-state index contributed by atoms with van der Waals surface area (Å²) in [5.74, 6) is 0.158. The summed E-state index contributed by atoms with van der Waals surface area (Å²) < 4.78 is 29.0. The van der Waals surface area contributed by atoms with Gasteiger partial charge in [-0.05, 0) is 24.6 Å². The highest BCUT2D eigenvalue weighted by Crippen LogP contribution is 2.22. The summed E-state index contributed by atoms with van der Waals surface area (Å²) in [4.78, 5) is 0. The van der Waals surface area contributed by atoms with Crippen molar-refractivity contribution in [3.05, 3.63) is 47.1 Å². The Balaban J connectivity index is 1.99. The van der Waals surface area contributed by atoms with Gasteiger partial charge in [-0.2, -0.15) is 0 Å². The Morgan fingerprint density at radius 3 is 2.80 bits per heavy atom. The summed E-state index contributed by atoms with van der Waals surface area (Å²) in [5, 5.41) is 13.1. The van der Waals surface area contributed by atoms with E-state index in [2.05, 4.69) is 5.16 Å². The number of nitrogens with zero attached hydrogens (tertiary/aromatic N) is 1. The normalized spacial score (nSPS) is 12.4. The fraction of sp³-hybridized carbons (Fsp3) is 0.357. The molecule has 0 saturated carbocycles. The molecule has 2 aromatic rings. The minimum absolute atomic E-state index is 0.0954. The maximum Gasteiger partial charge on any atom is 0.165 e. The van der Waals surface area contributed by atoms with Gasteiger partial charge in [-0.1, -0.05) is 11.2 Å². The van der Waals surface area contributed by atoms with Gasteiger partial charge in [0.15, 0.2) is 17.3 Å². The Hall–Kier alpha value is -1.92. The number of rotatable bonds is 6. The molecule has 20 heavy (non-hydrogen) atoms. The smallest absolute Gasteiger partial charge is 0.165 e. The molecule has 2 rings (SSSR count). The molecule has 0 fully saturated rings. The fourth-order valence-electron chi connectivity index (χ4n) is 1.68. The van der Waals surface area contributed by atoms with Crippen LogP contribution in [0.4, 0.5) is 4.39 Å². The van der Waals surface area contributed by atoms with E-state index in [1.165, 1.54) is 12.1 Å². The second-order valence-electron chi connectivity index (χ2n) is 4.37. The minimum Gasteiger partial charge on any atom is -0.484 e. The zero-order valence-electron chi connectivity index (χ0n) is 11.3. The molecule has 0 bridgehead atoms. The van der Waals surface area contributed by atoms with Gasteiger partial charge in [0.05, 0.1) is 6.10 Å². The second-order valence-corrected chi connectivity index (χ2v) is 4.37. The number of ether oxygens (including phenoxy) is 2. The molecule has 0 spiro atoms. The van der Waals surface area contributed by atoms with Gasteiger partial charge in [-0.25, -0.2) is 4.39 Å². The van der Waals surface area contributed by atoms with Crippen molar-refractivity contribution in [1.82, 2.24) is 5.16 Å². The molecular formula is C14H16FNO4. The molecule has 108 valence electrons. The molecule has 0 aliphatic carbocycles. The lowest BCUT2D eigenvalue weighted by Crippen LogP contribution is -1.99. The molecule has 0 unspecified atom stereocenters. The van der Waals surface area contributed by atoms with E-state index < -0.39 is 11.9 Å². The molecule has 0 aliphatic heterocycles. The second kappa shape index (κ2) is 6.49. The Kier molecular flexibility index (Phi) is 4.70. The highest BCUT2D eigenvalue weighted by Gasteiger charge is 2.10. The number of aliphatic hydroxyl groups is 1. The third kappa shape index (κ3) is 3.55. The number of halogens is 1. The van der Waals surface area contributed by atoms with E-state index >= 15 is 0 Å². The lowest BCUT2D eigenvalue weighted by atomic mass is 10.1. The largest absolute Gasteiger partial charge is 0.484 e. The van der Waals surface area contributed by atoms with E-state index in [0.29, 0.717) is 23.6 Å². The molecule has 1 aromatic heterocycles. The first-order chi connectivity index (χ1) is 9.60. The van der Waals surface area contributed by atoms with Gasteiger partial charge in [-0.15, -0.1) is 0 Å². The van der Waals surface area contributed by atoms with Crippen molar-refractivity contribution in [3.63, 3.8) is 0 Å². The first kappa shape index (κ1) is 14.5. The number of methoxy groups -OCH3 is 1. The van der Waals surface area contributed by atoms with E-state index in [0.717, 1.165) is 0 Å². The SMILES string of the molecule is COCc1cc(COc2ccc([C@H](C)O)cc2F)no1. The molecule has 0 amide bonds. The highest BCUT2D eigenvalue weighted by molar-refractivity contribution is 5.30. The molecule has 0 saturated heterocycles. The molecule has 6 heteroatoms.